The Labute approximate surface area is 206 Å². The van der Waals surface area contributed by atoms with Crippen molar-refractivity contribution in [2.75, 3.05) is 13.7 Å². The highest BCUT2D eigenvalue weighted by molar-refractivity contribution is 8.19. The summed E-state index contributed by atoms with van der Waals surface area (Å²) >= 11 is 2.12. The van der Waals surface area contributed by atoms with Crippen LogP contribution < -0.4 is 9.47 Å². The van der Waals surface area contributed by atoms with E-state index >= 15 is 0 Å². The van der Waals surface area contributed by atoms with Crippen LogP contribution in [0.1, 0.15) is 18.1 Å². The van der Waals surface area contributed by atoms with E-state index in [1.807, 2.05) is 36.4 Å². The van der Waals surface area contributed by atoms with Crippen molar-refractivity contribution in [3.05, 3.63) is 82.1 Å². The van der Waals surface area contributed by atoms with Gasteiger partial charge in [0.15, 0.2) is 16.7 Å². The molecule has 1 saturated heterocycles. The summed E-state index contributed by atoms with van der Waals surface area (Å²) in [5, 5.41) is 1.81. The van der Waals surface area contributed by atoms with Crippen molar-refractivity contribution in [1.82, 2.24) is 4.90 Å². The first-order valence-corrected chi connectivity index (χ1v) is 13.5. The van der Waals surface area contributed by atoms with E-state index in [1.54, 1.807) is 43.7 Å². The van der Waals surface area contributed by atoms with Gasteiger partial charge in [0.25, 0.3) is 15.9 Å². The fourth-order valence-electron chi connectivity index (χ4n) is 3.20. The molecule has 0 unspecified atom stereocenters. The Morgan fingerprint density at radius 1 is 1.06 bits per heavy atom. The third kappa shape index (κ3) is 5.35. The normalized spacial score (nSPS) is 16.4. The van der Waals surface area contributed by atoms with Crippen LogP contribution in [0, 0.1) is 0 Å². The molecule has 1 aromatic heterocycles. The van der Waals surface area contributed by atoms with Crippen LogP contribution in [0.2, 0.25) is 0 Å². The fourth-order valence-corrected chi connectivity index (χ4v) is 6.41. The van der Waals surface area contributed by atoms with Gasteiger partial charge < -0.3 is 9.47 Å². The van der Waals surface area contributed by atoms with Gasteiger partial charge in [-0.1, -0.05) is 42.5 Å². The number of rotatable bonds is 8. The molecule has 10 heteroatoms. The number of hydrogen-bond acceptors (Lipinski definition) is 7. The molecular weight excluding hydrogens is 492 g/mol. The molecule has 0 aliphatic carbocycles. The standard InChI is InChI=1S/C24H22N2O5S3/c1-3-26-23(27)21(33-24(26)25-34(28,29)22-10-7-13-32-22)15-18-11-12-19(30-2)20(14-18)31-16-17-8-5-4-6-9-17/h4-15H,3,16H2,1-2H3. The Morgan fingerprint density at radius 3 is 2.53 bits per heavy atom. The molecule has 4 rings (SSSR count). The monoisotopic (exact) mass is 514 g/mol. The lowest BCUT2D eigenvalue weighted by Gasteiger charge is -2.12. The first kappa shape index (κ1) is 24.1. The SMILES string of the molecule is CCN1C(=O)C(=Cc2ccc(OC)c(OCc3ccccc3)c2)SC1=NS(=O)(=O)c1cccs1. The summed E-state index contributed by atoms with van der Waals surface area (Å²) in [4.78, 5) is 14.7. The number of amidine groups is 1. The van der Waals surface area contributed by atoms with Gasteiger partial charge in [0.2, 0.25) is 0 Å². The first-order chi connectivity index (χ1) is 16.4. The van der Waals surface area contributed by atoms with Crippen LogP contribution in [-0.4, -0.2) is 38.0 Å². The molecular formula is C24H22N2O5S3. The number of nitrogens with zero attached hydrogens (tertiary/aromatic N) is 2. The molecule has 34 heavy (non-hydrogen) atoms. The highest BCUT2D eigenvalue weighted by Crippen LogP contribution is 2.36. The first-order valence-electron chi connectivity index (χ1n) is 10.4. The Bertz CT molecular complexity index is 1330. The zero-order valence-electron chi connectivity index (χ0n) is 18.5. The number of ether oxygens (including phenoxy) is 2. The minimum atomic E-state index is -3.88. The van der Waals surface area contributed by atoms with E-state index in [-0.39, 0.29) is 15.3 Å². The van der Waals surface area contributed by atoms with E-state index in [0.29, 0.717) is 29.6 Å². The van der Waals surface area contributed by atoms with Crippen LogP contribution in [0.3, 0.4) is 0 Å². The fraction of sp³-hybridized carbons (Fsp3) is 0.167. The van der Waals surface area contributed by atoms with Gasteiger partial charge in [-0.2, -0.15) is 8.42 Å². The highest BCUT2D eigenvalue weighted by atomic mass is 32.2. The molecule has 2 heterocycles. The number of likely N-dealkylation sites (N-methyl/N-ethyl adjacent to an activating group) is 1. The summed E-state index contributed by atoms with van der Waals surface area (Å²) in [5.74, 6) is 0.816. The van der Waals surface area contributed by atoms with Gasteiger partial charge >= 0.3 is 0 Å². The predicted octanol–water partition coefficient (Wildman–Crippen LogP) is 5.02. The van der Waals surface area contributed by atoms with Crippen molar-refractivity contribution in [2.24, 2.45) is 4.40 Å². The van der Waals surface area contributed by atoms with Gasteiger partial charge in [0, 0.05) is 6.54 Å². The maximum atomic E-state index is 13.0. The van der Waals surface area contributed by atoms with Crippen LogP contribution in [0.25, 0.3) is 6.08 Å². The number of carbonyl (C=O) groups excluding carboxylic acids is 1. The highest BCUT2D eigenvalue weighted by Gasteiger charge is 2.34. The number of benzene rings is 2. The van der Waals surface area contributed by atoms with Gasteiger partial charge in [-0.25, -0.2) is 0 Å². The Hall–Kier alpha value is -3.08. The Kier molecular flexibility index (Phi) is 7.40. The molecule has 0 saturated carbocycles. The largest absolute Gasteiger partial charge is 0.493 e. The third-order valence-corrected chi connectivity index (χ3v) is 8.64. The van der Waals surface area contributed by atoms with Gasteiger partial charge in [0.05, 0.1) is 12.0 Å². The van der Waals surface area contributed by atoms with Crippen LogP contribution >= 0.6 is 23.1 Å². The average Bonchev–Trinajstić information content (AvgIpc) is 3.48. The molecule has 7 nitrogen and oxygen atoms in total. The van der Waals surface area contributed by atoms with Crippen LogP contribution in [0.15, 0.2) is 79.6 Å². The number of thiophene rings is 1. The predicted molar refractivity (Wildman–Crippen MR) is 136 cm³/mol. The summed E-state index contributed by atoms with van der Waals surface area (Å²) < 4.78 is 40.7. The molecule has 2 aromatic carbocycles. The molecule has 0 bridgehead atoms. The van der Waals surface area contributed by atoms with Crippen LogP contribution in [-0.2, 0) is 21.4 Å². The van der Waals surface area contributed by atoms with Crippen molar-refractivity contribution in [2.45, 2.75) is 17.7 Å². The average molecular weight is 515 g/mol. The van der Waals surface area contributed by atoms with E-state index in [0.717, 1.165) is 34.2 Å². The summed E-state index contributed by atoms with van der Waals surface area (Å²) in [6.45, 7) is 2.44. The molecule has 0 radical (unpaired) electrons. The van der Waals surface area contributed by atoms with E-state index < -0.39 is 10.0 Å². The lowest BCUT2D eigenvalue weighted by Crippen LogP contribution is -2.29. The van der Waals surface area contributed by atoms with Crippen molar-refractivity contribution in [3.63, 3.8) is 0 Å². The second-order valence-corrected chi connectivity index (χ2v) is 10.9. The number of hydrogen-bond donors (Lipinski definition) is 0. The topological polar surface area (TPSA) is 85.3 Å². The molecule has 0 atom stereocenters. The zero-order chi connectivity index (χ0) is 24.1. The molecule has 0 N–H and O–H groups in total. The number of methoxy groups -OCH3 is 1. The van der Waals surface area contributed by atoms with E-state index in [2.05, 4.69) is 4.40 Å². The summed E-state index contributed by atoms with van der Waals surface area (Å²) in [6, 6.07) is 18.3. The van der Waals surface area contributed by atoms with E-state index in [4.69, 9.17) is 9.47 Å². The zero-order valence-corrected chi connectivity index (χ0v) is 21.0. The van der Waals surface area contributed by atoms with E-state index in [1.165, 1.54) is 11.0 Å². The maximum Gasteiger partial charge on any atom is 0.294 e. The molecule has 1 aliphatic rings. The lowest BCUT2D eigenvalue weighted by atomic mass is 10.1. The molecule has 0 spiro atoms. The molecule has 1 amide bonds. The summed E-state index contributed by atoms with van der Waals surface area (Å²) in [7, 11) is -2.32. The minimum Gasteiger partial charge on any atom is -0.493 e. The number of sulfonamides is 1. The van der Waals surface area contributed by atoms with Crippen molar-refractivity contribution < 1.29 is 22.7 Å². The number of thioether (sulfide) groups is 1. The van der Waals surface area contributed by atoms with Gasteiger partial charge in [0.1, 0.15) is 10.8 Å². The van der Waals surface area contributed by atoms with Crippen LogP contribution in [0.5, 0.6) is 11.5 Å². The smallest absolute Gasteiger partial charge is 0.294 e. The van der Waals surface area contributed by atoms with Gasteiger partial charge in [-0.05, 0) is 59.5 Å². The second-order valence-electron chi connectivity index (χ2n) is 7.13. The molecule has 1 fully saturated rings. The van der Waals surface area contributed by atoms with Crippen molar-refractivity contribution in [1.29, 1.82) is 0 Å². The molecule has 1 aliphatic heterocycles. The molecule has 176 valence electrons. The van der Waals surface area contributed by atoms with Crippen molar-refractivity contribution in [3.8, 4) is 11.5 Å². The summed E-state index contributed by atoms with van der Waals surface area (Å²) in [5.41, 5.74) is 1.74. The lowest BCUT2D eigenvalue weighted by molar-refractivity contribution is -0.122. The Morgan fingerprint density at radius 2 is 1.85 bits per heavy atom. The minimum absolute atomic E-state index is 0.136. The summed E-state index contributed by atoms with van der Waals surface area (Å²) in [6.07, 6.45) is 1.70. The molecule has 3 aromatic rings. The Balaban J connectivity index is 1.60. The number of carbonyl (C=O) groups is 1. The maximum absolute atomic E-state index is 13.0. The van der Waals surface area contributed by atoms with Gasteiger partial charge in [-0.15, -0.1) is 15.7 Å². The third-order valence-electron chi connectivity index (χ3n) is 4.87. The second kappa shape index (κ2) is 10.5. The quantitative estimate of drug-likeness (QED) is 0.393. The van der Waals surface area contributed by atoms with Crippen molar-refractivity contribution >= 4 is 50.3 Å². The van der Waals surface area contributed by atoms with E-state index in [9.17, 15) is 13.2 Å². The van der Waals surface area contributed by atoms with Crippen LogP contribution in [0.4, 0.5) is 0 Å². The number of amides is 1. The van der Waals surface area contributed by atoms with Gasteiger partial charge in [-0.3, -0.25) is 9.69 Å².